The molecule has 0 aliphatic carbocycles. The van der Waals surface area contributed by atoms with Gasteiger partial charge in [0.05, 0.1) is 0 Å². The van der Waals surface area contributed by atoms with Crippen molar-refractivity contribution < 1.29 is 5.11 Å². The third-order valence-corrected chi connectivity index (χ3v) is 3.14. The fraction of sp³-hybridized carbons (Fsp3) is 0.286. The molecule has 2 rings (SSSR count). The third kappa shape index (κ3) is 2.99. The first-order valence-corrected chi connectivity index (χ1v) is 6.34. The molecule has 17 heavy (non-hydrogen) atoms. The lowest BCUT2D eigenvalue weighted by Crippen LogP contribution is -2.34. The minimum absolute atomic E-state index is 0.318. The van der Waals surface area contributed by atoms with Crippen molar-refractivity contribution in [3.8, 4) is 5.75 Å². The monoisotopic (exact) mass is 293 g/mol. The van der Waals surface area contributed by atoms with E-state index in [1.807, 2.05) is 38.1 Å². The quantitative estimate of drug-likeness (QED) is 0.889. The van der Waals surface area contributed by atoms with Gasteiger partial charge in [0.25, 0.3) is 0 Å². The third-order valence-electron chi connectivity index (χ3n) is 2.65. The van der Waals surface area contributed by atoms with Crippen molar-refractivity contribution in [1.82, 2.24) is 0 Å². The Bertz CT molecular complexity index is 558. The summed E-state index contributed by atoms with van der Waals surface area (Å²) < 4.78 is 1.04. The van der Waals surface area contributed by atoms with Crippen LogP contribution in [0.25, 0.3) is 10.8 Å². The molecule has 0 spiro atoms. The molecule has 0 amide bonds. The first-order chi connectivity index (χ1) is 7.85. The molecule has 2 aromatic rings. The van der Waals surface area contributed by atoms with Gasteiger partial charge in [-0.05, 0) is 60.9 Å². The minimum Gasteiger partial charge on any atom is -0.508 e. The van der Waals surface area contributed by atoms with Crippen LogP contribution in [-0.4, -0.2) is 10.6 Å². The minimum atomic E-state index is -0.322. The predicted octanol–water partition coefficient (Wildman–Crippen LogP) is 3.59. The molecule has 0 atom stereocenters. The molecule has 2 nitrogen and oxygen atoms in total. The highest BCUT2D eigenvalue weighted by molar-refractivity contribution is 9.10. The lowest BCUT2D eigenvalue weighted by atomic mass is 9.94. The molecular weight excluding hydrogens is 278 g/mol. The van der Waals surface area contributed by atoms with Crippen LogP contribution in [0.15, 0.2) is 34.8 Å². The highest BCUT2D eigenvalue weighted by Crippen LogP contribution is 2.29. The Kier molecular flexibility index (Phi) is 3.15. The van der Waals surface area contributed by atoms with Gasteiger partial charge in [0.1, 0.15) is 5.75 Å². The average molecular weight is 294 g/mol. The fourth-order valence-corrected chi connectivity index (χ4v) is 2.31. The van der Waals surface area contributed by atoms with Crippen molar-refractivity contribution in [2.75, 3.05) is 0 Å². The van der Waals surface area contributed by atoms with Crippen LogP contribution in [0.5, 0.6) is 5.75 Å². The van der Waals surface area contributed by atoms with Gasteiger partial charge in [0.15, 0.2) is 0 Å². The number of phenolic OH excluding ortho intramolecular Hbond substituents is 1. The van der Waals surface area contributed by atoms with E-state index < -0.39 is 0 Å². The number of aromatic hydroxyl groups is 1. The second kappa shape index (κ2) is 4.31. The van der Waals surface area contributed by atoms with E-state index in [0.29, 0.717) is 12.2 Å². The largest absolute Gasteiger partial charge is 0.508 e. The van der Waals surface area contributed by atoms with E-state index in [9.17, 15) is 5.11 Å². The topological polar surface area (TPSA) is 46.2 Å². The summed E-state index contributed by atoms with van der Waals surface area (Å²) in [5.41, 5.74) is 6.56. The standard InChI is InChI=1S/C14H16BrNO/c1-14(2,16)8-11-5-10-6-12(15)4-3-9(10)7-13(11)17/h3-7,17H,8,16H2,1-2H3. The molecule has 0 heterocycles. The molecule has 0 bridgehead atoms. The molecule has 3 heteroatoms. The van der Waals surface area contributed by atoms with Crippen LogP contribution >= 0.6 is 15.9 Å². The van der Waals surface area contributed by atoms with Crippen LogP contribution in [0, 0.1) is 0 Å². The van der Waals surface area contributed by atoms with E-state index in [-0.39, 0.29) is 5.54 Å². The maximum Gasteiger partial charge on any atom is 0.119 e. The van der Waals surface area contributed by atoms with Gasteiger partial charge in [-0.25, -0.2) is 0 Å². The molecule has 0 radical (unpaired) electrons. The summed E-state index contributed by atoms with van der Waals surface area (Å²) in [4.78, 5) is 0. The number of rotatable bonds is 2. The lowest BCUT2D eigenvalue weighted by Gasteiger charge is -2.19. The van der Waals surface area contributed by atoms with Crippen LogP contribution in [-0.2, 0) is 6.42 Å². The maximum atomic E-state index is 9.97. The number of benzene rings is 2. The van der Waals surface area contributed by atoms with Gasteiger partial charge in [-0.3, -0.25) is 0 Å². The van der Waals surface area contributed by atoms with E-state index in [1.165, 1.54) is 0 Å². The number of phenols is 1. The number of hydrogen-bond acceptors (Lipinski definition) is 2. The summed E-state index contributed by atoms with van der Waals surface area (Å²) in [6.45, 7) is 3.91. The molecule has 0 aliphatic rings. The van der Waals surface area contributed by atoms with E-state index in [1.54, 1.807) is 6.07 Å². The number of hydrogen-bond donors (Lipinski definition) is 2. The van der Waals surface area contributed by atoms with Crippen molar-refractivity contribution in [1.29, 1.82) is 0 Å². The molecule has 3 N–H and O–H groups in total. The van der Waals surface area contributed by atoms with E-state index >= 15 is 0 Å². The molecule has 0 aromatic heterocycles. The zero-order valence-corrected chi connectivity index (χ0v) is 11.6. The summed E-state index contributed by atoms with van der Waals surface area (Å²) in [5.74, 6) is 0.318. The molecule has 0 saturated heterocycles. The second-order valence-corrected chi connectivity index (χ2v) is 6.05. The van der Waals surface area contributed by atoms with Crippen molar-refractivity contribution in [3.05, 3.63) is 40.4 Å². The van der Waals surface area contributed by atoms with Crippen LogP contribution in [0.4, 0.5) is 0 Å². The SMILES string of the molecule is CC(C)(N)Cc1cc2cc(Br)ccc2cc1O. The zero-order chi connectivity index (χ0) is 12.6. The summed E-state index contributed by atoms with van der Waals surface area (Å²) >= 11 is 3.45. The normalized spacial score (nSPS) is 12.0. The summed E-state index contributed by atoms with van der Waals surface area (Å²) in [5, 5.41) is 12.1. The first-order valence-electron chi connectivity index (χ1n) is 5.55. The molecule has 0 aliphatic heterocycles. The van der Waals surface area contributed by atoms with Crippen molar-refractivity contribution in [2.24, 2.45) is 5.73 Å². The maximum absolute atomic E-state index is 9.97. The van der Waals surface area contributed by atoms with Gasteiger partial charge in [0, 0.05) is 10.0 Å². The van der Waals surface area contributed by atoms with Crippen LogP contribution in [0.1, 0.15) is 19.4 Å². The second-order valence-electron chi connectivity index (χ2n) is 5.14. The van der Waals surface area contributed by atoms with Crippen molar-refractivity contribution >= 4 is 26.7 Å². The molecule has 90 valence electrons. The number of fused-ring (bicyclic) bond motifs is 1. The molecule has 0 fully saturated rings. The molecular formula is C14H16BrNO. The Morgan fingerprint density at radius 1 is 1.18 bits per heavy atom. The Balaban J connectivity index is 2.53. The number of halogens is 1. The van der Waals surface area contributed by atoms with Gasteiger partial charge >= 0.3 is 0 Å². The van der Waals surface area contributed by atoms with Crippen molar-refractivity contribution in [2.45, 2.75) is 25.8 Å². The van der Waals surface area contributed by atoms with E-state index in [0.717, 1.165) is 20.8 Å². The highest BCUT2D eigenvalue weighted by Gasteiger charge is 2.15. The Morgan fingerprint density at radius 3 is 2.53 bits per heavy atom. The first kappa shape index (κ1) is 12.4. The predicted molar refractivity (Wildman–Crippen MR) is 75.3 cm³/mol. The van der Waals surface area contributed by atoms with Crippen LogP contribution in [0.2, 0.25) is 0 Å². The van der Waals surface area contributed by atoms with Crippen LogP contribution in [0.3, 0.4) is 0 Å². The van der Waals surface area contributed by atoms with E-state index in [2.05, 4.69) is 15.9 Å². The van der Waals surface area contributed by atoms with Gasteiger partial charge in [-0.15, -0.1) is 0 Å². The Labute approximate surface area is 110 Å². The van der Waals surface area contributed by atoms with Gasteiger partial charge in [0.2, 0.25) is 0 Å². The smallest absolute Gasteiger partial charge is 0.119 e. The Morgan fingerprint density at radius 2 is 1.88 bits per heavy atom. The average Bonchev–Trinajstić information content (AvgIpc) is 2.17. The summed E-state index contributed by atoms with van der Waals surface area (Å²) in [6, 6.07) is 9.79. The molecule has 0 saturated carbocycles. The molecule has 0 unspecified atom stereocenters. The fourth-order valence-electron chi connectivity index (χ4n) is 1.94. The molecule has 2 aromatic carbocycles. The summed E-state index contributed by atoms with van der Waals surface area (Å²) in [6.07, 6.45) is 0.654. The van der Waals surface area contributed by atoms with E-state index in [4.69, 9.17) is 5.73 Å². The number of nitrogens with two attached hydrogens (primary N) is 1. The van der Waals surface area contributed by atoms with Crippen molar-refractivity contribution in [3.63, 3.8) is 0 Å². The van der Waals surface area contributed by atoms with Gasteiger partial charge in [-0.2, -0.15) is 0 Å². The lowest BCUT2D eigenvalue weighted by molar-refractivity contribution is 0.451. The highest BCUT2D eigenvalue weighted by atomic mass is 79.9. The van der Waals surface area contributed by atoms with Gasteiger partial charge in [-0.1, -0.05) is 22.0 Å². The van der Waals surface area contributed by atoms with Crippen LogP contribution < -0.4 is 5.73 Å². The zero-order valence-electron chi connectivity index (χ0n) is 10.00. The summed E-state index contributed by atoms with van der Waals surface area (Å²) in [7, 11) is 0. The Hall–Kier alpha value is -1.06. The van der Waals surface area contributed by atoms with Gasteiger partial charge < -0.3 is 10.8 Å².